The van der Waals surface area contributed by atoms with Gasteiger partial charge in [0.25, 0.3) is 0 Å². The summed E-state index contributed by atoms with van der Waals surface area (Å²) in [7, 11) is 0. The maximum absolute atomic E-state index is 11.4. The van der Waals surface area contributed by atoms with E-state index < -0.39 is 0 Å². The molecule has 1 saturated carbocycles. The molecule has 0 saturated heterocycles. The second kappa shape index (κ2) is 5.05. The van der Waals surface area contributed by atoms with Gasteiger partial charge in [0.15, 0.2) is 0 Å². The van der Waals surface area contributed by atoms with Crippen LogP contribution in [0.25, 0.3) is 0 Å². The predicted molar refractivity (Wildman–Crippen MR) is 69.0 cm³/mol. The molecular weight excluding hydrogens is 216 g/mol. The summed E-state index contributed by atoms with van der Waals surface area (Å²) in [6.07, 6.45) is 3.81. The molecule has 1 aliphatic carbocycles. The van der Waals surface area contributed by atoms with Crippen molar-refractivity contribution in [2.45, 2.75) is 49.7 Å². The van der Waals surface area contributed by atoms with Gasteiger partial charge in [-0.2, -0.15) is 0 Å². The minimum Gasteiger partial charge on any atom is -0.300 e. The van der Waals surface area contributed by atoms with Crippen molar-refractivity contribution in [3.8, 4) is 0 Å². The minimum atomic E-state index is 0.438. The van der Waals surface area contributed by atoms with E-state index in [-0.39, 0.29) is 0 Å². The fourth-order valence-corrected chi connectivity index (χ4v) is 3.50. The molecule has 0 N–H and O–H groups in total. The lowest BCUT2D eigenvalue weighted by atomic mass is 9.99. The Balaban J connectivity index is 2.05. The van der Waals surface area contributed by atoms with Crippen LogP contribution in [-0.4, -0.2) is 11.0 Å². The third kappa shape index (κ3) is 2.88. The van der Waals surface area contributed by atoms with Gasteiger partial charge >= 0.3 is 0 Å². The quantitative estimate of drug-likeness (QED) is 0.772. The van der Waals surface area contributed by atoms with E-state index in [0.717, 1.165) is 19.3 Å². The summed E-state index contributed by atoms with van der Waals surface area (Å²) in [6, 6.07) is 6.56. The Morgan fingerprint density at radius 2 is 2.12 bits per heavy atom. The summed E-state index contributed by atoms with van der Waals surface area (Å²) in [5, 5.41) is 0.502. The number of aryl methyl sites for hydroxylation is 2. The topological polar surface area (TPSA) is 17.1 Å². The lowest BCUT2D eigenvalue weighted by molar-refractivity contribution is -0.120. The van der Waals surface area contributed by atoms with Gasteiger partial charge in [0.1, 0.15) is 5.78 Å². The molecule has 1 unspecified atom stereocenters. The molecule has 1 atom stereocenters. The van der Waals surface area contributed by atoms with Crippen LogP contribution >= 0.6 is 11.8 Å². The Labute approximate surface area is 102 Å². The third-order valence-corrected chi connectivity index (χ3v) is 4.51. The van der Waals surface area contributed by atoms with Crippen molar-refractivity contribution in [3.05, 3.63) is 29.3 Å². The number of Topliss-reactive ketones (excluding diaryl/α,β-unsaturated/α-hetero) is 1. The lowest BCUT2D eigenvalue weighted by Gasteiger charge is -2.21. The fourth-order valence-electron chi connectivity index (χ4n) is 2.20. The zero-order valence-electron chi connectivity index (χ0n) is 9.95. The lowest BCUT2D eigenvalue weighted by Crippen LogP contribution is -2.16. The largest absolute Gasteiger partial charge is 0.300 e. The number of hydrogen-bond donors (Lipinski definition) is 0. The van der Waals surface area contributed by atoms with Gasteiger partial charge < -0.3 is 0 Å². The Bertz CT molecular complexity index is 398. The molecule has 2 rings (SSSR count). The second-order valence-electron chi connectivity index (χ2n) is 4.64. The maximum atomic E-state index is 11.4. The van der Waals surface area contributed by atoms with E-state index in [4.69, 9.17) is 0 Å². The number of ketones is 1. The molecule has 0 radical (unpaired) electrons. The van der Waals surface area contributed by atoms with Gasteiger partial charge in [-0.25, -0.2) is 0 Å². The Morgan fingerprint density at radius 3 is 2.81 bits per heavy atom. The van der Waals surface area contributed by atoms with Gasteiger partial charge in [0.2, 0.25) is 0 Å². The molecule has 0 spiro atoms. The van der Waals surface area contributed by atoms with E-state index in [1.165, 1.54) is 22.4 Å². The average molecular weight is 234 g/mol. The van der Waals surface area contributed by atoms with Crippen molar-refractivity contribution in [2.75, 3.05) is 0 Å². The molecule has 1 aliphatic rings. The molecule has 1 fully saturated rings. The Kier molecular flexibility index (Phi) is 3.70. The summed E-state index contributed by atoms with van der Waals surface area (Å²) in [5.41, 5.74) is 2.64. The van der Waals surface area contributed by atoms with Crippen molar-refractivity contribution < 1.29 is 4.79 Å². The number of thioether (sulfide) groups is 1. The van der Waals surface area contributed by atoms with Crippen molar-refractivity contribution in [3.63, 3.8) is 0 Å². The van der Waals surface area contributed by atoms with Crippen LogP contribution in [0.15, 0.2) is 23.1 Å². The van der Waals surface area contributed by atoms with Crippen molar-refractivity contribution in [2.24, 2.45) is 0 Å². The van der Waals surface area contributed by atoms with E-state index in [2.05, 4.69) is 32.0 Å². The van der Waals surface area contributed by atoms with Crippen LogP contribution in [0.2, 0.25) is 0 Å². The molecule has 0 bridgehead atoms. The monoisotopic (exact) mass is 234 g/mol. The SMILES string of the molecule is Cc1ccc(SC2CCCC(=O)C2)c(C)c1. The van der Waals surface area contributed by atoms with E-state index >= 15 is 0 Å². The van der Waals surface area contributed by atoms with E-state index in [1.54, 1.807) is 0 Å². The van der Waals surface area contributed by atoms with Crippen LogP contribution in [0.4, 0.5) is 0 Å². The summed E-state index contributed by atoms with van der Waals surface area (Å²) in [5.74, 6) is 0.438. The van der Waals surface area contributed by atoms with Crippen LogP contribution < -0.4 is 0 Å². The predicted octanol–water partition coefficient (Wildman–Crippen LogP) is 3.91. The molecule has 1 aromatic carbocycles. The van der Waals surface area contributed by atoms with E-state index in [1.807, 2.05) is 11.8 Å². The molecule has 0 aromatic heterocycles. The Morgan fingerprint density at radius 1 is 1.31 bits per heavy atom. The molecule has 0 amide bonds. The third-order valence-electron chi connectivity index (χ3n) is 3.06. The first-order valence-electron chi connectivity index (χ1n) is 5.91. The van der Waals surface area contributed by atoms with Gasteiger partial charge in [-0.05, 0) is 38.3 Å². The molecular formula is C14H18OS. The molecule has 1 nitrogen and oxygen atoms in total. The first-order valence-corrected chi connectivity index (χ1v) is 6.79. The van der Waals surface area contributed by atoms with Gasteiger partial charge in [-0.1, -0.05) is 17.7 Å². The Hall–Kier alpha value is -0.760. The standard InChI is InChI=1S/C14H18OS/c1-10-6-7-14(11(2)8-10)16-13-5-3-4-12(15)9-13/h6-8,13H,3-5,9H2,1-2H3. The number of carbonyl (C=O) groups excluding carboxylic acids is 1. The molecule has 86 valence electrons. The first-order chi connectivity index (χ1) is 7.65. The molecule has 16 heavy (non-hydrogen) atoms. The number of carbonyl (C=O) groups is 1. The smallest absolute Gasteiger partial charge is 0.134 e. The van der Waals surface area contributed by atoms with Crippen LogP contribution in [0.3, 0.4) is 0 Å². The summed E-state index contributed by atoms with van der Waals surface area (Å²) >= 11 is 1.88. The number of rotatable bonds is 2. The maximum Gasteiger partial charge on any atom is 0.134 e. The number of benzene rings is 1. The average Bonchev–Trinajstić information content (AvgIpc) is 2.22. The van der Waals surface area contributed by atoms with Gasteiger partial charge in [-0.15, -0.1) is 11.8 Å². The highest BCUT2D eigenvalue weighted by molar-refractivity contribution is 8.00. The fraction of sp³-hybridized carbons (Fsp3) is 0.500. The van der Waals surface area contributed by atoms with Gasteiger partial charge in [-0.3, -0.25) is 4.79 Å². The highest BCUT2D eigenvalue weighted by Gasteiger charge is 2.20. The van der Waals surface area contributed by atoms with Crippen molar-refractivity contribution in [1.29, 1.82) is 0 Å². The van der Waals surface area contributed by atoms with E-state index in [0.29, 0.717) is 11.0 Å². The highest BCUT2D eigenvalue weighted by atomic mass is 32.2. The van der Waals surface area contributed by atoms with Crippen molar-refractivity contribution >= 4 is 17.5 Å². The highest BCUT2D eigenvalue weighted by Crippen LogP contribution is 2.34. The normalized spacial score (nSPS) is 21.1. The minimum absolute atomic E-state index is 0.438. The van der Waals surface area contributed by atoms with Gasteiger partial charge in [0.05, 0.1) is 0 Å². The van der Waals surface area contributed by atoms with Crippen LogP contribution in [-0.2, 0) is 4.79 Å². The molecule has 2 heteroatoms. The zero-order chi connectivity index (χ0) is 11.5. The van der Waals surface area contributed by atoms with Crippen LogP contribution in [0.1, 0.15) is 36.8 Å². The summed E-state index contributed by atoms with van der Waals surface area (Å²) < 4.78 is 0. The first kappa shape index (κ1) is 11.7. The molecule has 0 heterocycles. The number of hydrogen-bond acceptors (Lipinski definition) is 2. The van der Waals surface area contributed by atoms with Crippen molar-refractivity contribution in [1.82, 2.24) is 0 Å². The zero-order valence-corrected chi connectivity index (χ0v) is 10.8. The molecule has 0 aliphatic heterocycles. The van der Waals surface area contributed by atoms with Crippen LogP contribution in [0.5, 0.6) is 0 Å². The summed E-state index contributed by atoms with van der Waals surface area (Å²) in [6.45, 7) is 4.27. The summed E-state index contributed by atoms with van der Waals surface area (Å²) in [4.78, 5) is 12.7. The second-order valence-corrected chi connectivity index (χ2v) is 5.99. The molecule has 1 aromatic rings. The van der Waals surface area contributed by atoms with Gasteiger partial charge in [0, 0.05) is 23.0 Å². The van der Waals surface area contributed by atoms with E-state index in [9.17, 15) is 4.79 Å². The van der Waals surface area contributed by atoms with Crippen LogP contribution in [0, 0.1) is 13.8 Å².